The molecule has 4 aromatic rings. The molecule has 11 heteroatoms. The van der Waals surface area contributed by atoms with Crippen molar-refractivity contribution in [2.75, 3.05) is 30.9 Å². The van der Waals surface area contributed by atoms with Crippen molar-refractivity contribution in [3.63, 3.8) is 0 Å². The summed E-state index contributed by atoms with van der Waals surface area (Å²) in [5.41, 5.74) is 1.34. The Balaban J connectivity index is 1.56. The number of methoxy groups -OCH3 is 1. The summed E-state index contributed by atoms with van der Waals surface area (Å²) in [7, 11) is 1.48. The van der Waals surface area contributed by atoms with Gasteiger partial charge in [-0.2, -0.15) is 4.98 Å². The monoisotopic (exact) mass is 489 g/mol. The molecule has 0 atom stereocenters. The van der Waals surface area contributed by atoms with Crippen molar-refractivity contribution in [1.29, 1.82) is 0 Å². The van der Waals surface area contributed by atoms with E-state index in [2.05, 4.69) is 25.9 Å². The van der Waals surface area contributed by atoms with E-state index in [-0.39, 0.29) is 30.9 Å². The molecule has 0 aliphatic heterocycles. The molecular formula is C25H23N5O6. The lowest BCUT2D eigenvalue weighted by atomic mass is 10.1. The van der Waals surface area contributed by atoms with Crippen LogP contribution >= 0.6 is 0 Å². The van der Waals surface area contributed by atoms with E-state index in [1.54, 1.807) is 48.5 Å². The number of anilines is 3. The van der Waals surface area contributed by atoms with Gasteiger partial charge in [0, 0.05) is 35.1 Å². The zero-order valence-corrected chi connectivity index (χ0v) is 19.2. The van der Waals surface area contributed by atoms with E-state index in [0.717, 1.165) is 0 Å². The predicted molar refractivity (Wildman–Crippen MR) is 133 cm³/mol. The maximum absolute atomic E-state index is 12.2. The Bertz CT molecular complexity index is 1410. The molecule has 0 bridgehead atoms. The number of nitrogens with zero attached hydrogens (tertiary/aromatic N) is 2. The summed E-state index contributed by atoms with van der Waals surface area (Å²) in [5, 5.41) is 27.4. The quantitative estimate of drug-likeness (QED) is 0.235. The summed E-state index contributed by atoms with van der Waals surface area (Å²) in [4.78, 5) is 31.9. The molecule has 0 saturated carbocycles. The number of aromatic nitrogens is 2. The van der Waals surface area contributed by atoms with Gasteiger partial charge in [-0.1, -0.05) is 24.3 Å². The van der Waals surface area contributed by atoms with Crippen LogP contribution in [0, 0.1) is 0 Å². The van der Waals surface area contributed by atoms with E-state index < -0.39 is 6.09 Å². The number of carboxylic acid groups (broad SMARTS) is 1. The van der Waals surface area contributed by atoms with E-state index in [1.807, 2.05) is 12.1 Å². The van der Waals surface area contributed by atoms with Crippen LogP contribution in [0.1, 0.15) is 10.4 Å². The number of aliphatic hydroxyl groups is 1. The van der Waals surface area contributed by atoms with Crippen molar-refractivity contribution in [1.82, 2.24) is 15.3 Å². The Labute approximate surface area is 205 Å². The van der Waals surface area contributed by atoms with Crippen LogP contribution in [-0.4, -0.2) is 52.4 Å². The molecule has 1 heterocycles. The molecule has 1 aromatic heterocycles. The summed E-state index contributed by atoms with van der Waals surface area (Å²) in [6, 6.07) is 16.9. The molecule has 184 valence electrons. The number of amides is 2. The van der Waals surface area contributed by atoms with Crippen molar-refractivity contribution in [3.05, 3.63) is 72.4 Å². The van der Waals surface area contributed by atoms with Gasteiger partial charge >= 0.3 is 6.09 Å². The highest BCUT2D eigenvalue weighted by Gasteiger charge is 2.13. The molecule has 4 rings (SSSR count). The first-order valence-electron chi connectivity index (χ1n) is 10.8. The highest BCUT2D eigenvalue weighted by atomic mass is 16.5. The Morgan fingerprint density at radius 2 is 1.75 bits per heavy atom. The minimum absolute atomic E-state index is 0.149. The van der Waals surface area contributed by atoms with Gasteiger partial charge in [0.2, 0.25) is 11.8 Å². The number of rotatable bonds is 9. The minimum Gasteiger partial charge on any atom is -0.495 e. The number of nitrogens with one attached hydrogen (secondary N) is 3. The molecule has 36 heavy (non-hydrogen) atoms. The van der Waals surface area contributed by atoms with Gasteiger partial charge < -0.3 is 30.3 Å². The summed E-state index contributed by atoms with van der Waals surface area (Å²) in [6.07, 6.45) is 0.366. The lowest BCUT2D eigenvalue weighted by Gasteiger charge is -2.14. The first kappa shape index (κ1) is 24.2. The Hall–Kier alpha value is -4.90. The molecule has 0 fully saturated rings. The second-order valence-corrected chi connectivity index (χ2v) is 7.43. The Morgan fingerprint density at radius 3 is 2.50 bits per heavy atom. The molecule has 0 aliphatic carbocycles. The molecular weight excluding hydrogens is 466 g/mol. The van der Waals surface area contributed by atoms with Gasteiger partial charge in [0.25, 0.3) is 5.91 Å². The van der Waals surface area contributed by atoms with Gasteiger partial charge in [0.15, 0.2) is 0 Å². The lowest BCUT2D eigenvalue weighted by molar-refractivity contribution is 0.0944. The van der Waals surface area contributed by atoms with Crippen LogP contribution in [-0.2, 0) is 0 Å². The normalized spacial score (nSPS) is 10.5. The van der Waals surface area contributed by atoms with E-state index in [9.17, 15) is 9.59 Å². The largest absolute Gasteiger partial charge is 0.495 e. The van der Waals surface area contributed by atoms with Crippen molar-refractivity contribution >= 4 is 40.1 Å². The number of hydrogen-bond donors (Lipinski definition) is 5. The number of carbonyl (C=O) groups excluding carboxylic acids is 1. The highest BCUT2D eigenvalue weighted by Crippen LogP contribution is 2.34. The number of fused-ring (bicyclic) bond motifs is 1. The van der Waals surface area contributed by atoms with Crippen molar-refractivity contribution in [2.24, 2.45) is 0 Å². The maximum atomic E-state index is 12.2. The molecule has 0 unspecified atom stereocenters. The second-order valence-electron chi connectivity index (χ2n) is 7.43. The fraction of sp³-hybridized carbons (Fsp3) is 0.120. The molecule has 3 aromatic carbocycles. The summed E-state index contributed by atoms with van der Waals surface area (Å²) in [6.45, 7) is -0.00665. The Kier molecular flexibility index (Phi) is 7.42. The fourth-order valence-electron chi connectivity index (χ4n) is 3.48. The van der Waals surface area contributed by atoms with Gasteiger partial charge in [0.05, 0.1) is 25.1 Å². The topological polar surface area (TPSA) is 155 Å². The maximum Gasteiger partial charge on any atom is 0.409 e. The molecule has 0 spiro atoms. The molecule has 11 nitrogen and oxygen atoms in total. The molecule has 0 saturated heterocycles. The zero-order valence-electron chi connectivity index (χ0n) is 19.2. The number of benzene rings is 3. The molecule has 0 aliphatic rings. The minimum atomic E-state index is -1.16. The first-order valence-corrected chi connectivity index (χ1v) is 10.8. The SMILES string of the molecule is COc1cc(C(=O)NCCO)ccc1Nc1nccc(Oc2ccc(NC(=O)O)c3ccccc23)n1. The number of carbonyl (C=O) groups is 2. The van der Waals surface area contributed by atoms with Crippen LogP contribution in [0.2, 0.25) is 0 Å². The fourth-order valence-corrected chi connectivity index (χ4v) is 3.48. The third-order valence-electron chi connectivity index (χ3n) is 5.08. The van der Waals surface area contributed by atoms with Crippen LogP contribution in [0.3, 0.4) is 0 Å². The lowest BCUT2D eigenvalue weighted by Crippen LogP contribution is -2.26. The highest BCUT2D eigenvalue weighted by molar-refractivity contribution is 6.02. The first-order chi connectivity index (χ1) is 17.5. The third kappa shape index (κ3) is 5.59. The van der Waals surface area contributed by atoms with E-state index in [4.69, 9.17) is 19.7 Å². The smallest absolute Gasteiger partial charge is 0.409 e. The van der Waals surface area contributed by atoms with E-state index in [0.29, 0.717) is 39.2 Å². The van der Waals surface area contributed by atoms with Gasteiger partial charge in [-0.05, 0) is 30.3 Å². The van der Waals surface area contributed by atoms with Crippen LogP contribution in [0.15, 0.2) is 66.9 Å². The van der Waals surface area contributed by atoms with Gasteiger partial charge in [-0.25, -0.2) is 9.78 Å². The number of hydrogen-bond acceptors (Lipinski definition) is 8. The summed E-state index contributed by atoms with van der Waals surface area (Å²) < 4.78 is 11.4. The zero-order chi connectivity index (χ0) is 25.5. The van der Waals surface area contributed by atoms with Crippen LogP contribution in [0.4, 0.5) is 22.1 Å². The van der Waals surface area contributed by atoms with Gasteiger partial charge in [-0.15, -0.1) is 0 Å². The number of ether oxygens (including phenoxy) is 2. The summed E-state index contributed by atoms with van der Waals surface area (Å²) >= 11 is 0. The number of aliphatic hydroxyl groups excluding tert-OH is 1. The molecule has 5 N–H and O–H groups in total. The van der Waals surface area contributed by atoms with Crippen LogP contribution in [0.5, 0.6) is 17.4 Å². The Morgan fingerprint density at radius 1 is 0.972 bits per heavy atom. The molecule has 2 amide bonds. The van der Waals surface area contributed by atoms with Crippen molar-refractivity contribution in [2.45, 2.75) is 0 Å². The van der Waals surface area contributed by atoms with E-state index >= 15 is 0 Å². The van der Waals surface area contributed by atoms with Crippen LogP contribution < -0.4 is 25.4 Å². The van der Waals surface area contributed by atoms with Crippen molar-refractivity contribution in [3.8, 4) is 17.4 Å². The molecule has 0 radical (unpaired) electrons. The standard InChI is InChI=1S/C25H23N5O6/c1-35-21-14-15(23(32)26-12-13-31)6-7-19(21)28-24-27-11-10-22(30-24)36-20-9-8-18(29-25(33)34)16-4-2-3-5-17(16)20/h2-11,14,29,31H,12-13H2,1H3,(H,26,32)(H,33,34)(H,27,28,30). The average molecular weight is 489 g/mol. The van der Waals surface area contributed by atoms with Gasteiger partial charge in [0.1, 0.15) is 11.5 Å². The predicted octanol–water partition coefficient (Wildman–Crippen LogP) is 3.99. The van der Waals surface area contributed by atoms with Crippen LogP contribution in [0.25, 0.3) is 10.8 Å². The third-order valence-corrected chi connectivity index (χ3v) is 5.08. The van der Waals surface area contributed by atoms with Gasteiger partial charge in [-0.3, -0.25) is 10.1 Å². The average Bonchev–Trinajstić information content (AvgIpc) is 2.89. The van der Waals surface area contributed by atoms with E-state index in [1.165, 1.54) is 13.3 Å². The van der Waals surface area contributed by atoms with Crippen molar-refractivity contribution < 1.29 is 29.3 Å². The summed E-state index contributed by atoms with van der Waals surface area (Å²) in [5.74, 6) is 1.04. The second kappa shape index (κ2) is 11.0.